The van der Waals surface area contributed by atoms with Crippen LogP contribution in [-0.4, -0.2) is 53.7 Å². The smallest absolute Gasteiger partial charge is 0.135 e. The maximum absolute atomic E-state index is 10.6. The van der Waals surface area contributed by atoms with Crippen LogP contribution in [0.4, 0.5) is 21.7 Å². The topological polar surface area (TPSA) is 97.2 Å². The highest BCUT2D eigenvalue weighted by Crippen LogP contribution is 2.77. The Hall–Kier alpha value is -2.58. The molecule has 1 atom stereocenters. The summed E-state index contributed by atoms with van der Waals surface area (Å²) >= 11 is 0. The van der Waals surface area contributed by atoms with Gasteiger partial charge >= 0.3 is 0 Å². The number of aromatic nitrogens is 2. The van der Waals surface area contributed by atoms with Crippen LogP contribution < -0.4 is 15.5 Å². The van der Waals surface area contributed by atoms with Gasteiger partial charge in [-0.1, -0.05) is 12.1 Å². The van der Waals surface area contributed by atoms with Crippen molar-refractivity contribution >= 4 is 23.5 Å². The Labute approximate surface area is 200 Å². The van der Waals surface area contributed by atoms with E-state index in [9.17, 15) is 9.50 Å². The number of aliphatic hydroxyl groups is 1. The third-order valence-corrected chi connectivity index (χ3v) is 9.04. The van der Waals surface area contributed by atoms with Crippen LogP contribution in [0.5, 0.6) is 0 Å². The summed E-state index contributed by atoms with van der Waals surface area (Å²) in [5.41, 5.74) is 2.82. The van der Waals surface area contributed by atoms with Gasteiger partial charge < -0.3 is 26.0 Å². The zero-order valence-corrected chi connectivity index (χ0v) is 20.5. The standard InChI is InChI=1S/C25H32N6O.CH3F/c1-22(2,32)24-10-18(11-24)31(14-24)21-9-20(28-15-29-21)30-19-8-17(5-4-16(19)12-26)25(27-3)13-23(25)6-7-23;1-2/h4-5,8-9,12,15,18,26-27,32H,6-7,10-11,13-14H2,1-3H3,(H,28,29,30);1H3/t18?,24?,25-;/m1./s1. The van der Waals surface area contributed by atoms with Gasteiger partial charge in [-0.05, 0) is 70.0 Å². The highest BCUT2D eigenvalue weighted by Gasteiger charge is 2.74. The lowest BCUT2D eigenvalue weighted by atomic mass is 9.61. The zero-order chi connectivity index (χ0) is 24.4. The Morgan fingerprint density at radius 2 is 1.94 bits per heavy atom. The van der Waals surface area contributed by atoms with E-state index in [-0.39, 0.29) is 11.0 Å². The highest BCUT2D eigenvalue weighted by molar-refractivity contribution is 5.87. The summed E-state index contributed by atoms with van der Waals surface area (Å²) in [6, 6.07) is 8.80. The molecule has 3 saturated carbocycles. The number of hydrogen-bond acceptors (Lipinski definition) is 7. The molecule has 2 bridgehead atoms. The maximum atomic E-state index is 10.6. The van der Waals surface area contributed by atoms with Gasteiger partial charge in [-0.15, -0.1) is 0 Å². The first-order valence-corrected chi connectivity index (χ1v) is 12.0. The summed E-state index contributed by atoms with van der Waals surface area (Å²) in [5, 5.41) is 25.6. The molecule has 1 spiro atoms. The van der Waals surface area contributed by atoms with Gasteiger partial charge in [0.15, 0.2) is 0 Å². The van der Waals surface area contributed by atoms with Crippen molar-refractivity contribution in [3.63, 3.8) is 0 Å². The Morgan fingerprint density at radius 3 is 2.50 bits per heavy atom. The first-order valence-electron chi connectivity index (χ1n) is 12.0. The van der Waals surface area contributed by atoms with Crippen LogP contribution in [0.3, 0.4) is 0 Å². The summed E-state index contributed by atoms with van der Waals surface area (Å²) in [5.74, 6) is 1.63. The van der Waals surface area contributed by atoms with Gasteiger partial charge in [-0.25, -0.2) is 9.97 Å². The molecule has 8 heteroatoms. The summed E-state index contributed by atoms with van der Waals surface area (Å²) in [4.78, 5) is 11.3. The van der Waals surface area contributed by atoms with Crippen LogP contribution in [0.25, 0.3) is 0 Å². The molecule has 0 radical (unpaired) electrons. The second kappa shape index (κ2) is 7.71. The summed E-state index contributed by atoms with van der Waals surface area (Å²) < 4.78 is 9.50. The molecule has 7 rings (SSSR count). The SMILES string of the molecule is CF.CN[C@@]1(c2ccc(C=N)c(Nc3cc(N4CC5(C(C)(C)O)CC4C5)ncn3)c2)CC12CC2. The number of fused-ring (bicyclic) bond motifs is 1. The van der Waals surface area contributed by atoms with E-state index in [0.29, 0.717) is 18.6 Å². The van der Waals surface area contributed by atoms with Gasteiger partial charge in [0.05, 0.1) is 12.8 Å². The molecule has 0 amide bonds. The molecule has 2 saturated heterocycles. The number of rotatable bonds is 7. The normalized spacial score (nSPS) is 29.7. The second-order valence-electron chi connectivity index (χ2n) is 11.0. The predicted octanol–water partition coefficient (Wildman–Crippen LogP) is 4.14. The zero-order valence-electron chi connectivity index (χ0n) is 20.5. The molecular formula is C26H35FN6O. The van der Waals surface area contributed by atoms with E-state index in [0.717, 1.165) is 42.3 Å². The molecule has 182 valence electrons. The van der Waals surface area contributed by atoms with Crippen molar-refractivity contribution < 1.29 is 9.50 Å². The molecule has 5 aliphatic rings. The fraction of sp³-hybridized carbons (Fsp3) is 0.577. The van der Waals surface area contributed by atoms with E-state index < -0.39 is 5.60 Å². The van der Waals surface area contributed by atoms with Gasteiger partial charge in [-0.3, -0.25) is 4.39 Å². The lowest BCUT2D eigenvalue weighted by Gasteiger charge is -2.45. The first kappa shape index (κ1) is 23.2. The molecule has 7 nitrogen and oxygen atoms in total. The Bertz CT molecular complexity index is 1100. The number of nitrogens with one attached hydrogen (secondary N) is 3. The average Bonchev–Trinajstić information content (AvgIpc) is 3.62. The second-order valence-corrected chi connectivity index (χ2v) is 11.0. The average molecular weight is 467 g/mol. The van der Waals surface area contributed by atoms with Crippen molar-refractivity contribution in [1.82, 2.24) is 15.3 Å². The van der Waals surface area contributed by atoms with Crippen LogP contribution in [0.1, 0.15) is 57.1 Å². The van der Waals surface area contributed by atoms with Crippen LogP contribution >= 0.6 is 0 Å². The highest BCUT2D eigenvalue weighted by atomic mass is 19.1. The molecule has 0 unspecified atom stereocenters. The number of benzene rings is 1. The van der Waals surface area contributed by atoms with Crippen molar-refractivity contribution in [2.75, 3.05) is 31.0 Å². The Morgan fingerprint density at radius 1 is 1.21 bits per heavy atom. The van der Waals surface area contributed by atoms with Crippen LogP contribution in [0.2, 0.25) is 0 Å². The van der Waals surface area contributed by atoms with Crippen molar-refractivity contribution in [3.05, 3.63) is 41.7 Å². The molecule has 3 aliphatic carbocycles. The van der Waals surface area contributed by atoms with E-state index >= 15 is 0 Å². The molecular weight excluding hydrogens is 431 g/mol. The molecule has 34 heavy (non-hydrogen) atoms. The van der Waals surface area contributed by atoms with Crippen molar-refractivity contribution in [2.24, 2.45) is 10.8 Å². The number of hydrogen-bond donors (Lipinski definition) is 4. The van der Waals surface area contributed by atoms with E-state index in [1.807, 2.05) is 26.0 Å². The molecule has 1 aromatic carbocycles. The molecule has 1 aromatic heterocycles. The van der Waals surface area contributed by atoms with Crippen LogP contribution in [0, 0.1) is 16.2 Å². The molecule has 3 heterocycles. The quantitative estimate of drug-likeness (QED) is 0.458. The maximum Gasteiger partial charge on any atom is 0.135 e. The fourth-order valence-corrected chi connectivity index (χ4v) is 6.50. The molecule has 5 fully saturated rings. The van der Waals surface area contributed by atoms with Crippen molar-refractivity contribution in [1.29, 1.82) is 5.41 Å². The lowest BCUT2D eigenvalue weighted by Crippen LogP contribution is -2.50. The van der Waals surface area contributed by atoms with Gasteiger partial charge in [0.1, 0.15) is 18.0 Å². The number of anilines is 3. The Kier molecular flexibility index (Phi) is 5.26. The third kappa shape index (κ3) is 3.26. The van der Waals surface area contributed by atoms with E-state index in [4.69, 9.17) is 5.41 Å². The summed E-state index contributed by atoms with van der Waals surface area (Å²) in [6.45, 7) is 4.68. The van der Waals surface area contributed by atoms with Crippen LogP contribution in [0.15, 0.2) is 30.6 Å². The van der Waals surface area contributed by atoms with Gasteiger partial charge in [0.2, 0.25) is 0 Å². The summed E-state index contributed by atoms with van der Waals surface area (Å²) in [6.07, 6.45) is 8.80. The summed E-state index contributed by atoms with van der Waals surface area (Å²) in [7, 11) is 2.56. The molecule has 2 aliphatic heterocycles. The monoisotopic (exact) mass is 466 g/mol. The minimum absolute atomic E-state index is 0.0393. The number of nitrogens with zero attached hydrogens (tertiary/aromatic N) is 3. The molecule has 4 N–H and O–H groups in total. The number of alkyl halides is 1. The van der Waals surface area contributed by atoms with E-state index in [1.165, 1.54) is 31.0 Å². The first-order chi connectivity index (χ1) is 16.2. The fourth-order valence-electron chi connectivity index (χ4n) is 6.50. The third-order valence-electron chi connectivity index (χ3n) is 9.04. The Balaban J connectivity index is 0.00000117. The largest absolute Gasteiger partial charge is 0.390 e. The minimum atomic E-state index is -0.684. The van der Waals surface area contributed by atoms with Crippen LogP contribution in [-0.2, 0) is 5.54 Å². The van der Waals surface area contributed by atoms with Crippen molar-refractivity contribution in [2.45, 2.75) is 63.1 Å². The van der Waals surface area contributed by atoms with Gasteiger partial charge in [0.25, 0.3) is 0 Å². The van der Waals surface area contributed by atoms with E-state index in [1.54, 1.807) is 6.33 Å². The van der Waals surface area contributed by atoms with Gasteiger partial charge in [-0.2, -0.15) is 0 Å². The number of halogens is 1. The molecule has 2 aromatic rings. The predicted molar refractivity (Wildman–Crippen MR) is 133 cm³/mol. The van der Waals surface area contributed by atoms with Crippen molar-refractivity contribution in [3.8, 4) is 0 Å². The minimum Gasteiger partial charge on any atom is -0.390 e. The van der Waals surface area contributed by atoms with E-state index in [2.05, 4.69) is 44.7 Å². The lowest BCUT2D eigenvalue weighted by molar-refractivity contribution is -0.0754. The van der Waals surface area contributed by atoms with Gasteiger partial charge in [0, 0.05) is 47.1 Å².